The van der Waals surface area contributed by atoms with E-state index in [9.17, 15) is 5.11 Å². The van der Waals surface area contributed by atoms with Gasteiger partial charge in [0.1, 0.15) is 0 Å². The van der Waals surface area contributed by atoms with Crippen molar-refractivity contribution in [1.29, 1.82) is 0 Å². The zero-order valence-corrected chi connectivity index (χ0v) is 12.7. The van der Waals surface area contributed by atoms with Crippen molar-refractivity contribution in [1.82, 2.24) is 10.2 Å². The van der Waals surface area contributed by atoms with Crippen LogP contribution in [0.3, 0.4) is 0 Å². The van der Waals surface area contributed by atoms with Gasteiger partial charge in [-0.2, -0.15) is 0 Å². The molecule has 1 aromatic carbocycles. The monoisotopic (exact) mass is 294 g/mol. The molecule has 1 aliphatic carbocycles. The van der Waals surface area contributed by atoms with Gasteiger partial charge < -0.3 is 10.4 Å². The number of benzene rings is 1. The van der Waals surface area contributed by atoms with Crippen LogP contribution in [-0.4, -0.2) is 41.2 Å². The number of halogens is 1. The first-order chi connectivity index (χ1) is 9.63. The fraction of sp³-hybridized carbons (Fsp3) is 0.625. The molecule has 3 unspecified atom stereocenters. The average Bonchev–Trinajstić information content (AvgIpc) is 3.21. The van der Waals surface area contributed by atoms with Gasteiger partial charge in [0.05, 0.1) is 6.10 Å². The summed E-state index contributed by atoms with van der Waals surface area (Å²) in [5.41, 5.74) is 0.923. The van der Waals surface area contributed by atoms with Gasteiger partial charge in [0.2, 0.25) is 0 Å². The molecule has 2 aliphatic rings. The Hall–Kier alpha value is -0.610. The van der Waals surface area contributed by atoms with Gasteiger partial charge in [0.15, 0.2) is 0 Å². The molecule has 0 radical (unpaired) electrons. The van der Waals surface area contributed by atoms with Crippen LogP contribution in [0.25, 0.3) is 0 Å². The number of aliphatic hydroxyl groups excluding tert-OH is 1. The van der Waals surface area contributed by atoms with E-state index in [0.717, 1.165) is 18.2 Å². The van der Waals surface area contributed by atoms with Crippen LogP contribution in [0, 0.1) is 0 Å². The van der Waals surface area contributed by atoms with Crippen LogP contribution < -0.4 is 5.32 Å². The SMILES string of the molecule is CC1CC(NCC(O)c2ccc(Cl)cc2)CN1C1CC1. The summed E-state index contributed by atoms with van der Waals surface area (Å²) in [7, 11) is 0. The van der Waals surface area contributed by atoms with Crippen LogP contribution >= 0.6 is 11.6 Å². The molecule has 4 heteroatoms. The quantitative estimate of drug-likeness (QED) is 0.876. The maximum absolute atomic E-state index is 10.2. The minimum Gasteiger partial charge on any atom is -0.387 e. The first-order valence-corrected chi connectivity index (χ1v) is 7.94. The van der Waals surface area contributed by atoms with Crippen LogP contribution in [0.5, 0.6) is 0 Å². The Kier molecular flexibility index (Phi) is 4.32. The van der Waals surface area contributed by atoms with Crippen molar-refractivity contribution in [3.63, 3.8) is 0 Å². The summed E-state index contributed by atoms with van der Waals surface area (Å²) in [5.74, 6) is 0. The van der Waals surface area contributed by atoms with E-state index in [4.69, 9.17) is 11.6 Å². The van der Waals surface area contributed by atoms with Gasteiger partial charge in [-0.15, -0.1) is 0 Å². The molecule has 3 atom stereocenters. The van der Waals surface area contributed by atoms with E-state index < -0.39 is 6.10 Å². The molecule has 3 rings (SSSR count). The predicted octanol–water partition coefficient (Wildman–Crippen LogP) is 2.59. The Bertz CT molecular complexity index is 446. The number of aliphatic hydroxyl groups is 1. The summed E-state index contributed by atoms with van der Waals surface area (Å²) in [4.78, 5) is 2.62. The predicted molar refractivity (Wildman–Crippen MR) is 82.0 cm³/mol. The molecule has 1 aliphatic heterocycles. The van der Waals surface area contributed by atoms with E-state index in [0.29, 0.717) is 23.7 Å². The van der Waals surface area contributed by atoms with Crippen LogP contribution in [0.2, 0.25) is 5.02 Å². The molecule has 1 aromatic rings. The average molecular weight is 295 g/mol. The Morgan fingerprint density at radius 1 is 1.35 bits per heavy atom. The van der Waals surface area contributed by atoms with Crippen molar-refractivity contribution in [2.45, 2.75) is 50.4 Å². The lowest BCUT2D eigenvalue weighted by Crippen LogP contribution is -2.36. The van der Waals surface area contributed by atoms with E-state index in [2.05, 4.69) is 17.1 Å². The Morgan fingerprint density at radius 2 is 2.05 bits per heavy atom. The van der Waals surface area contributed by atoms with Gasteiger partial charge in [-0.1, -0.05) is 23.7 Å². The molecule has 0 spiro atoms. The van der Waals surface area contributed by atoms with Crippen molar-refractivity contribution < 1.29 is 5.11 Å². The first-order valence-electron chi connectivity index (χ1n) is 7.56. The molecular formula is C16H23ClN2O. The molecule has 1 saturated carbocycles. The van der Waals surface area contributed by atoms with Gasteiger partial charge in [0, 0.05) is 36.2 Å². The van der Waals surface area contributed by atoms with Crippen molar-refractivity contribution in [2.24, 2.45) is 0 Å². The third kappa shape index (κ3) is 3.34. The minimum atomic E-state index is -0.461. The van der Waals surface area contributed by atoms with Gasteiger partial charge in [-0.05, 0) is 43.9 Å². The fourth-order valence-corrected chi connectivity index (χ4v) is 3.33. The van der Waals surface area contributed by atoms with Crippen LogP contribution in [0.4, 0.5) is 0 Å². The smallest absolute Gasteiger partial charge is 0.0914 e. The Balaban J connectivity index is 1.48. The van der Waals surface area contributed by atoms with Crippen LogP contribution in [0.15, 0.2) is 24.3 Å². The molecule has 1 saturated heterocycles. The van der Waals surface area contributed by atoms with Crippen LogP contribution in [-0.2, 0) is 0 Å². The summed E-state index contributed by atoms with van der Waals surface area (Å²) < 4.78 is 0. The Labute approximate surface area is 125 Å². The second kappa shape index (κ2) is 6.02. The number of hydrogen-bond donors (Lipinski definition) is 2. The molecule has 2 N–H and O–H groups in total. The van der Waals surface area contributed by atoms with Gasteiger partial charge >= 0.3 is 0 Å². The highest BCUT2D eigenvalue weighted by molar-refractivity contribution is 6.30. The molecule has 110 valence electrons. The van der Waals surface area contributed by atoms with E-state index in [1.54, 1.807) is 0 Å². The molecule has 3 nitrogen and oxygen atoms in total. The summed E-state index contributed by atoms with van der Waals surface area (Å²) >= 11 is 5.86. The summed E-state index contributed by atoms with van der Waals surface area (Å²) in [6, 6.07) is 9.45. The topological polar surface area (TPSA) is 35.5 Å². The lowest BCUT2D eigenvalue weighted by atomic mass is 10.1. The molecule has 0 aromatic heterocycles. The lowest BCUT2D eigenvalue weighted by molar-refractivity contribution is 0.169. The summed E-state index contributed by atoms with van der Waals surface area (Å²) in [6.07, 6.45) is 3.45. The zero-order valence-electron chi connectivity index (χ0n) is 11.9. The van der Waals surface area contributed by atoms with E-state index in [1.165, 1.54) is 19.3 Å². The van der Waals surface area contributed by atoms with Gasteiger partial charge in [-0.3, -0.25) is 4.90 Å². The lowest BCUT2D eigenvalue weighted by Gasteiger charge is -2.20. The standard InChI is InChI=1S/C16H23ClN2O/c1-11-8-14(10-19(11)15-6-7-15)18-9-16(20)12-2-4-13(17)5-3-12/h2-5,11,14-16,18,20H,6-10H2,1H3. The highest BCUT2D eigenvalue weighted by Crippen LogP contribution is 2.33. The first kappa shape index (κ1) is 14.3. The maximum atomic E-state index is 10.2. The van der Waals surface area contributed by atoms with E-state index in [-0.39, 0.29) is 0 Å². The third-order valence-electron chi connectivity index (χ3n) is 4.49. The highest BCUT2D eigenvalue weighted by Gasteiger charge is 2.38. The second-order valence-corrected chi connectivity index (χ2v) is 6.62. The summed E-state index contributed by atoms with van der Waals surface area (Å²) in [6.45, 7) is 4.05. The molecule has 0 amide bonds. The molecule has 20 heavy (non-hydrogen) atoms. The maximum Gasteiger partial charge on any atom is 0.0914 e. The number of rotatable bonds is 5. The fourth-order valence-electron chi connectivity index (χ4n) is 3.20. The van der Waals surface area contributed by atoms with Gasteiger partial charge in [0.25, 0.3) is 0 Å². The zero-order chi connectivity index (χ0) is 14.1. The third-order valence-corrected chi connectivity index (χ3v) is 4.75. The molecule has 1 heterocycles. The van der Waals surface area contributed by atoms with Crippen molar-refractivity contribution in [2.75, 3.05) is 13.1 Å². The number of nitrogens with zero attached hydrogens (tertiary/aromatic N) is 1. The van der Waals surface area contributed by atoms with E-state index >= 15 is 0 Å². The van der Waals surface area contributed by atoms with Crippen molar-refractivity contribution in [3.05, 3.63) is 34.9 Å². The summed E-state index contributed by atoms with van der Waals surface area (Å²) in [5, 5.41) is 14.4. The minimum absolute atomic E-state index is 0.461. The molecule has 0 bridgehead atoms. The van der Waals surface area contributed by atoms with Crippen molar-refractivity contribution >= 4 is 11.6 Å². The molecule has 2 fully saturated rings. The Morgan fingerprint density at radius 3 is 2.70 bits per heavy atom. The number of hydrogen-bond acceptors (Lipinski definition) is 3. The molecular weight excluding hydrogens is 272 g/mol. The number of nitrogens with one attached hydrogen (secondary N) is 1. The van der Waals surface area contributed by atoms with Crippen molar-refractivity contribution in [3.8, 4) is 0 Å². The van der Waals surface area contributed by atoms with E-state index in [1.807, 2.05) is 24.3 Å². The second-order valence-electron chi connectivity index (χ2n) is 6.19. The van der Waals surface area contributed by atoms with Gasteiger partial charge in [-0.25, -0.2) is 0 Å². The highest BCUT2D eigenvalue weighted by atomic mass is 35.5. The van der Waals surface area contributed by atoms with Crippen LogP contribution in [0.1, 0.15) is 37.9 Å². The normalized spacial score (nSPS) is 28.8. The number of likely N-dealkylation sites (tertiary alicyclic amines) is 1. The largest absolute Gasteiger partial charge is 0.387 e.